The lowest BCUT2D eigenvalue weighted by atomic mass is 9.86. The van der Waals surface area contributed by atoms with Crippen LogP contribution in [-0.4, -0.2) is 12.5 Å². The van der Waals surface area contributed by atoms with Crippen LogP contribution >= 0.6 is 0 Å². The molecule has 0 spiro atoms. The van der Waals surface area contributed by atoms with Gasteiger partial charge in [0.25, 0.3) is 0 Å². The van der Waals surface area contributed by atoms with Gasteiger partial charge in [0.05, 0.1) is 6.54 Å². The van der Waals surface area contributed by atoms with Gasteiger partial charge in [-0.15, -0.1) is 0 Å². The quantitative estimate of drug-likeness (QED) is 0.875. The van der Waals surface area contributed by atoms with Crippen molar-refractivity contribution in [1.29, 1.82) is 0 Å². The highest BCUT2D eigenvalue weighted by atomic mass is 16.1. The zero-order valence-corrected chi connectivity index (χ0v) is 14.4. The number of anilines is 1. The van der Waals surface area contributed by atoms with Crippen molar-refractivity contribution in [2.45, 2.75) is 39.7 Å². The highest BCUT2D eigenvalue weighted by Gasteiger charge is 2.18. The molecule has 122 valence electrons. The van der Waals surface area contributed by atoms with Crippen molar-refractivity contribution >= 4 is 11.6 Å². The summed E-state index contributed by atoms with van der Waals surface area (Å²) in [6.07, 6.45) is 0. The molecule has 2 aromatic rings. The van der Waals surface area contributed by atoms with Crippen LogP contribution in [0.5, 0.6) is 0 Å². The Morgan fingerprint density at radius 2 is 1.65 bits per heavy atom. The summed E-state index contributed by atoms with van der Waals surface area (Å²) in [5.74, 6) is -0.0183. The first-order valence-electron chi connectivity index (χ1n) is 8.02. The van der Waals surface area contributed by atoms with Gasteiger partial charge in [-0.25, -0.2) is 0 Å². The van der Waals surface area contributed by atoms with Gasteiger partial charge in [-0.05, 0) is 35.1 Å². The summed E-state index contributed by atoms with van der Waals surface area (Å²) in [4.78, 5) is 12.2. The zero-order chi connectivity index (χ0) is 16.9. The standard InChI is InChI=1S/C20H26N2O/c1-15-9-5-6-10-16(15)13-21-14-19(23)22-18-12-8-7-11-17(18)20(2,3)4/h5-12,21H,13-14H2,1-4H3,(H,22,23). The number of carbonyl (C=O) groups is 1. The van der Waals surface area contributed by atoms with Gasteiger partial charge in [0.2, 0.25) is 5.91 Å². The van der Waals surface area contributed by atoms with E-state index < -0.39 is 0 Å². The largest absolute Gasteiger partial charge is 0.325 e. The van der Waals surface area contributed by atoms with E-state index in [4.69, 9.17) is 0 Å². The molecule has 2 rings (SSSR count). The van der Waals surface area contributed by atoms with Crippen LogP contribution in [0.25, 0.3) is 0 Å². The van der Waals surface area contributed by atoms with Crippen molar-refractivity contribution in [2.75, 3.05) is 11.9 Å². The van der Waals surface area contributed by atoms with Crippen LogP contribution in [-0.2, 0) is 16.8 Å². The Kier molecular flexibility index (Phi) is 5.56. The number of benzene rings is 2. The number of nitrogens with one attached hydrogen (secondary N) is 2. The average molecular weight is 310 g/mol. The molecule has 0 bridgehead atoms. The molecule has 23 heavy (non-hydrogen) atoms. The van der Waals surface area contributed by atoms with Crippen LogP contribution in [0.1, 0.15) is 37.5 Å². The molecular formula is C20H26N2O. The van der Waals surface area contributed by atoms with Gasteiger partial charge in [0, 0.05) is 12.2 Å². The van der Waals surface area contributed by atoms with Crippen LogP contribution in [0.3, 0.4) is 0 Å². The second-order valence-corrected chi connectivity index (χ2v) is 6.87. The lowest BCUT2D eigenvalue weighted by molar-refractivity contribution is -0.115. The summed E-state index contributed by atoms with van der Waals surface area (Å²) in [5.41, 5.74) is 4.49. The van der Waals surface area contributed by atoms with Crippen molar-refractivity contribution in [3.8, 4) is 0 Å². The molecule has 0 saturated carbocycles. The van der Waals surface area contributed by atoms with E-state index in [1.165, 1.54) is 11.1 Å². The number of para-hydroxylation sites is 1. The van der Waals surface area contributed by atoms with Crippen LogP contribution < -0.4 is 10.6 Å². The molecule has 1 amide bonds. The molecule has 0 unspecified atom stereocenters. The monoisotopic (exact) mass is 310 g/mol. The van der Waals surface area contributed by atoms with Gasteiger partial charge in [-0.2, -0.15) is 0 Å². The summed E-state index contributed by atoms with van der Waals surface area (Å²) >= 11 is 0. The Labute approximate surface area is 139 Å². The second kappa shape index (κ2) is 7.42. The summed E-state index contributed by atoms with van der Waals surface area (Å²) in [6.45, 7) is 9.52. The normalized spacial score (nSPS) is 11.3. The molecule has 0 aliphatic heterocycles. The molecule has 0 radical (unpaired) electrons. The van der Waals surface area contributed by atoms with Crippen molar-refractivity contribution in [1.82, 2.24) is 5.32 Å². The molecule has 3 heteroatoms. The fourth-order valence-corrected chi connectivity index (χ4v) is 2.56. The molecule has 0 heterocycles. The Morgan fingerprint density at radius 3 is 2.35 bits per heavy atom. The van der Waals surface area contributed by atoms with E-state index in [0.717, 1.165) is 11.3 Å². The van der Waals surface area contributed by atoms with Crippen molar-refractivity contribution in [3.05, 3.63) is 65.2 Å². The molecule has 0 aliphatic rings. The summed E-state index contributed by atoms with van der Waals surface area (Å²) in [5, 5.41) is 6.23. The number of hydrogen-bond donors (Lipinski definition) is 2. The zero-order valence-electron chi connectivity index (χ0n) is 14.4. The van der Waals surface area contributed by atoms with E-state index >= 15 is 0 Å². The molecule has 0 fully saturated rings. The second-order valence-electron chi connectivity index (χ2n) is 6.87. The molecule has 3 nitrogen and oxygen atoms in total. The van der Waals surface area contributed by atoms with E-state index in [-0.39, 0.29) is 11.3 Å². The van der Waals surface area contributed by atoms with Gasteiger partial charge in [0.15, 0.2) is 0 Å². The maximum atomic E-state index is 12.2. The van der Waals surface area contributed by atoms with E-state index in [1.807, 2.05) is 30.3 Å². The van der Waals surface area contributed by atoms with Gasteiger partial charge >= 0.3 is 0 Å². The Balaban J connectivity index is 1.92. The molecular weight excluding hydrogens is 284 g/mol. The van der Waals surface area contributed by atoms with Crippen molar-refractivity contribution < 1.29 is 4.79 Å². The highest BCUT2D eigenvalue weighted by Crippen LogP contribution is 2.29. The summed E-state index contributed by atoms with van der Waals surface area (Å²) in [7, 11) is 0. The lowest BCUT2D eigenvalue weighted by Crippen LogP contribution is -2.29. The maximum absolute atomic E-state index is 12.2. The predicted octanol–water partition coefficient (Wildman–Crippen LogP) is 4.02. The van der Waals surface area contributed by atoms with Crippen molar-refractivity contribution in [2.24, 2.45) is 0 Å². The maximum Gasteiger partial charge on any atom is 0.238 e. The molecule has 2 aromatic carbocycles. The van der Waals surface area contributed by atoms with Crippen molar-refractivity contribution in [3.63, 3.8) is 0 Å². The Bertz CT molecular complexity index is 671. The van der Waals surface area contributed by atoms with Crippen LogP contribution in [0, 0.1) is 6.92 Å². The molecule has 0 aliphatic carbocycles. The first kappa shape index (κ1) is 17.2. The van der Waals surface area contributed by atoms with Gasteiger partial charge < -0.3 is 10.6 Å². The first-order valence-corrected chi connectivity index (χ1v) is 8.02. The van der Waals surface area contributed by atoms with Crippen LogP contribution in [0.2, 0.25) is 0 Å². The van der Waals surface area contributed by atoms with E-state index in [2.05, 4.69) is 56.5 Å². The third-order valence-corrected chi connectivity index (χ3v) is 3.87. The number of aryl methyl sites for hydroxylation is 1. The summed E-state index contributed by atoms with van der Waals surface area (Å²) in [6, 6.07) is 16.2. The topological polar surface area (TPSA) is 41.1 Å². The first-order chi connectivity index (χ1) is 10.9. The average Bonchev–Trinajstić information content (AvgIpc) is 2.49. The number of rotatable bonds is 5. The predicted molar refractivity (Wildman–Crippen MR) is 96.7 cm³/mol. The minimum Gasteiger partial charge on any atom is -0.325 e. The van der Waals surface area contributed by atoms with E-state index in [0.29, 0.717) is 13.1 Å². The molecule has 0 atom stereocenters. The minimum atomic E-state index is -0.0183. The lowest BCUT2D eigenvalue weighted by Gasteiger charge is -2.23. The minimum absolute atomic E-state index is 0.00154. The number of carbonyl (C=O) groups excluding carboxylic acids is 1. The smallest absolute Gasteiger partial charge is 0.238 e. The molecule has 0 aromatic heterocycles. The fraction of sp³-hybridized carbons (Fsp3) is 0.350. The highest BCUT2D eigenvalue weighted by molar-refractivity contribution is 5.93. The third kappa shape index (κ3) is 4.93. The number of amides is 1. The Morgan fingerprint density at radius 1 is 1.00 bits per heavy atom. The molecule has 0 saturated heterocycles. The SMILES string of the molecule is Cc1ccccc1CNCC(=O)Nc1ccccc1C(C)(C)C. The van der Waals surface area contributed by atoms with Crippen LogP contribution in [0.15, 0.2) is 48.5 Å². The van der Waals surface area contributed by atoms with Gasteiger partial charge in [-0.3, -0.25) is 4.79 Å². The van der Waals surface area contributed by atoms with E-state index in [9.17, 15) is 4.79 Å². The number of hydrogen-bond acceptors (Lipinski definition) is 2. The van der Waals surface area contributed by atoms with E-state index in [1.54, 1.807) is 0 Å². The molecule has 2 N–H and O–H groups in total. The van der Waals surface area contributed by atoms with Gasteiger partial charge in [0.1, 0.15) is 0 Å². The summed E-state index contributed by atoms with van der Waals surface area (Å²) < 4.78 is 0. The van der Waals surface area contributed by atoms with Gasteiger partial charge in [-0.1, -0.05) is 63.2 Å². The van der Waals surface area contributed by atoms with Crippen LogP contribution in [0.4, 0.5) is 5.69 Å². The fourth-order valence-electron chi connectivity index (χ4n) is 2.56. The Hall–Kier alpha value is -2.13. The third-order valence-electron chi connectivity index (χ3n) is 3.87.